The fourth-order valence-electron chi connectivity index (χ4n) is 2.21. The smallest absolute Gasteiger partial charge is 0.306 e. The predicted octanol–water partition coefficient (Wildman–Crippen LogP) is 3.36. The van der Waals surface area contributed by atoms with E-state index in [1.807, 2.05) is 17.5 Å². The molecule has 22 heavy (non-hydrogen) atoms. The molecule has 1 aromatic heterocycles. The Kier molecular flexibility index (Phi) is 4.40. The number of amides is 1. The highest BCUT2D eigenvalue weighted by Crippen LogP contribution is 2.26. The molecule has 7 heteroatoms. The average Bonchev–Trinajstić information content (AvgIpc) is 3.09. The zero-order valence-corrected chi connectivity index (χ0v) is 13.1. The molecule has 1 saturated heterocycles. The third kappa shape index (κ3) is 3.64. The van der Waals surface area contributed by atoms with E-state index in [1.54, 1.807) is 12.1 Å². The molecule has 114 valence electrons. The number of rotatable bonds is 4. The Bertz CT molecular complexity index is 699. The van der Waals surface area contributed by atoms with Crippen molar-refractivity contribution in [2.45, 2.75) is 12.8 Å². The summed E-state index contributed by atoms with van der Waals surface area (Å²) in [5.41, 5.74) is 1.73. The maximum absolute atomic E-state index is 11.9. The summed E-state index contributed by atoms with van der Waals surface area (Å²) in [5, 5.41) is 5.85. The second-order valence-electron chi connectivity index (χ2n) is 5.05. The maximum atomic E-state index is 11.9. The molecule has 0 radical (unpaired) electrons. The molecule has 1 amide bonds. The highest BCUT2D eigenvalue weighted by molar-refractivity contribution is 7.14. The first-order chi connectivity index (χ1) is 10.6. The van der Waals surface area contributed by atoms with Crippen LogP contribution in [0.1, 0.15) is 12.8 Å². The third-order valence-corrected chi connectivity index (χ3v) is 4.31. The molecule has 0 aliphatic carbocycles. The summed E-state index contributed by atoms with van der Waals surface area (Å²) in [7, 11) is 0. The molecule has 1 fully saturated rings. The van der Waals surface area contributed by atoms with Gasteiger partial charge in [-0.3, -0.25) is 9.59 Å². The molecular weight excluding hydrogens is 324 g/mol. The standard InChI is InChI=1S/C15H13ClN2O3S/c16-11-3-1-10(2-4-11)12-8-22-15(17-12)18-13(19)5-9-6-14(20)21-7-9/h1-4,8-9H,5-7H2,(H,17,18,19)/t9-/m1/s1. The van der Waals surface area contributed by atoms with Gasteiger partial charge in [-0.2, -0.15) is 0 Å². The number of nitrogens with one attached hydrogen (secondary N) is 1. The van der Waals surface area contributed by atoms with Crippen molar-refractivity contribution in [3.63, 3.8) is 0 Å². The summed E-state index contributed by atoms with van der Waals surface area (Å²) in [6.07, 6.45) is 0.572. The lowest BCUT2D eigenvalue weighted by Gasteiger charge is -2.05. The largest absolute Gasteiger partial charge is 0.465 e. The third-order valence-electron chi connectivity index (χ3n) is 3.30. The lowest BCUT2D eigenvalue weighted by Crippen LogP contribution is -2.16. The van der Waals surface area contributed by atoms with Crippen molar-refractivity contribution >= 4 is 39.9 Å². The normalized spacial score (nSPS) is 17.3. The van der Waals surface area contributed by atoms with E-state index in [2.05, 4.69) is 10.3 Å². The Morgan fingerprint density at radius 1 is 1.41 bits per heavy atom. The van der Waals surface area contributed by atoms with Gasteiger partial charge in [-0.05, 0) is 12.1 Å². The number of hydrogen-bond donors (Lipinski definition) is 1. The molecule has 3 rings (SSSR count). The van der Waals surface area contributed by atoms with Crippen molar-refractivity contribution in [1.29, 1.82) is 0 Å². The van der Waals surface area contributed by atoms with Gasteiger partial charge in [0, 0.05) is 28.3 Å². The zero-order chi connectivity index (χ0) is 15.5. The fourth-order valence-corrected chi connectivity index (χ4v) is 3.07. The number of anilines is 1. The number of carbonyl (C=O) groups is 2. The van der Waals surface area contributed by atoms with Crippen molar-refractivity contribution in [3.05, 3.63) is 34.7 Å². The first-order valence-corrected chi connectivity index (χ1v) is 8.03. The van der Waals surface area contributed by atoms with Crippen molar-refractivity contribution in [2.75, 3.05) is 11.9 Å². The van der Waals surface area contributed by atoms with Crippen LogP contribution in [-0.4, -0.2) is 23.5 Å². The molecule has 1 aliphatic heterocycles. The topological polar surface area (TPSA) is 68.3 Å². The van der Waals surface area contributed by atoms with Crippen LogP contribution in [0, 0.1) is 5.92 Å². The van der Waals surface area contributed by atoms with E-state index in [0.29, 0.717) is 23.2 Å². The van der Waals surface area contributed by atoms with Crippen LogP contribution in [0.3, 0.4) is 0 Å². The van der Waals surface area contributed by atoms with Crippen LogP contribution in [0.25, 0.3) is 11.3 Å². The molecule has 5 nitrogen and oxygen atoms in total. The molecule has 2 heterocycles. The molecule has 0 unspecified atom stereocenters. The van der Waals surface area contributed by atoms with E-state index in [0.717, 1.165) is 11.3 Å². The van der Waals surface area contributed by atoms with Crippen LogP contribution < -0.4 is 5.32 Å². The Morgan fingerprint density at radius 3 is 2.86 bits per heavy atom. The maximum Gasteiger partial charge on any atom is 0.306 e. The minimum Gasteiger partial charge on any atom is -0.465 e. The second kappa shape index (κ2) is 6.46. The molecule has 0 spiro atoms. The van der Waals surface area contributed by atoms with Gasteiger partial charge in [-0.25, -0.2) is 4.98 Å². The van der Waals surface area contributed by atoms with Crippen LogP contribution in [0.15, 0.2) is 29.6 Å². The number of hydrogen-bond acceptors (Lipinski definition) is 5. The first kappa shape index (κ1) is 15.0. The Balaban J connectivity index is 1.60. The summed E-state index contributed by atoms with van der Waals surface area (Å²) in [4.78, 5) is 27.3. The second-order valence-corrected chi connectivity index (χ2v) is 6.34. The highest BCUT2D eigenvalue weighted by atomic mass is 35.5. The summed E-state index contributed by atoms with van der Waals surface area (Å²) in [5.74, 6) is -0.430. The van der Waals surface area contributed by atoms with Gasteiger partial charge in [-0.15, -0.1) is 11.3 Å². The van der Waals surface area contributed by atoms with Crippen molar-refractivity contribution in [3.8, 4) is 11.3 Å². The summed E-state index contributed by atoms with van der Waals surface area (Å²) in [6.45, 7) is 0.320. The van der Waals surface area contributed by atoms with Gasteiger partial charge in [-0.1, -0.05) is 23.7 Å². The molecule has 1 aromatic carbocycles. The average molecular weight is 337 g/mol. The van der Waals surface area contributed by atoms with Gasteiger partial charge in [0.25, 0.3) is 0 Å². The number of aromatic nitrogens is 1. The number of cyclic esters (lactones) is 1. The van der Waals surface area contributed by atoms with E-state index in [-0.39, 0.29) is 24.2 Å². The summed E-state index contributed by atoms with van der Waals surface area (Å²) in [6, 6.07) is 7.35. The van der Waals surface area contributed by atoms with Gasteiger partial charge in [0.1, 0.15) is 0 Å². The molecule has 1 atom stereocenters. The SMILES string of the molecule is O=C(C[C@H]1COC(=O)C1)Nc1nc(-c2ccc(Cl)cc2)cs1. The first-order valence-electron chi connectivity index (χ1n) is 6.77. The van der Waals surface area contributed by atoms with E-state index in [1.165, 1.54) is 11.3 Å². The van der Waals surface area contributed by atoms with Crippen molar-refractivity contribution < 1.29 is 14.3 Å². The Labute approximate surface area is 136 Å². The Hall–Kier alpha value is -1.92. The molecule has 0 bridgehead atoms. The van der Waals surface area contributed by atoms with Crippen LogP contribution in [0.5, 0.6) is 0 Å². The quantitative estimate of drug-likeness (QED) is 0.869. The van der Waals surface area contributed by atoms with E-state index >= 15 is 0 Å². The number of carbonyl (C=O) groups excluding carboxylic acids is 2. The lowest BCUT2D eigenvalue weighted by molar-refractivity contribution is -0.138. The number of halogens is 1. The van der Waals surface area contributed by atoms with Crippen LogP contribution in [-0.2, 0) is 14.3 Å². The van der Waals surface area contributed by atoms with E-state index < -0.39 is 0 Å². The molecule has 0 saturated carbocycles. The van der Waals surface area contributed by atoms with Gasteiger partial charge < -0.3 is 10.1 Å². The Morgan fingerprint density at radius 2 is 2.18 bits per heavy atom. The van der Waals surface area contributed by atoms with Crippen LogP contribution >= 0.6 is 22.9 Å². The van der Waals surface area contributed by atoms with Gasteiger partial charge >= 0.3 is 5.97 Å². The van der Waals surface area contributed by atoms with E-state index in [9.17, 15) is 9.59 Å². The van der Waals surface area contributed by atoms with Crippen LogP contribution in [0.2, 0.25) is 5.02 Å². The molecule has 1 aliphatic rings. The zero-order valence-electron chi connectivity index (χ0n) is 11.5. The van der Waals surface area contributed by atoms with Gasteiger partial charge in [0.05, 0.1) is 18.7 Å². The van der Waals surface area contributed by atoms with E-state index in [4.69, 9.17) is 16.3 Å². The highest BCUT2D eigenvalue weighted by Gasteiger charge is 2.26. The van der Waals surface area contributed by atoms with Gasteiger partial charge in [0.2, 0.25) is 5.91 Å². The number of ether oxygens (including phenoxy) is 1. The minimum atomic E-state index is -0.239. The van der Waals surface area contributed by atoms with Crippen molar-refractivity contribution in [1.82, 2.24) is 4.98 Å². The predicted molar refractivity (Wildman–Crippen MR) is 84.9 cm³/mol. The number of benzene rings is 1. The number of esters is 1. The summed E-state index contributed by atoms with van der Waals surface area (Å²) < 4.78 is 4.85. The van der Waals surface area contributed by atoms with Gasteiger partial charge in [0.15, 0.2) is 5.13 Å². The number of nitrogens with zero attached hydrogens (tertiary/aromatic N) is 1. The monoisotopic (exact) mass is 336 g/mol. The lowest BCUT2D eigenvalue weighted by atomic mass is 10.0. The fraction of sp³-hybridized carbons (Fsp3) is 0.267. The molecule has 1 N–H and O–H groups in total. The number of thiazole rings is 1. The summed E-state index contributed by atoms with van der Waals surface area (Å²) >= 11 is 7.22. The van der Waals surface area contributed by atoms with Crippen molar-refractivity contribution in [2.24, 2.45) is 5.92 Å². The molecule has 2 aromatic rings. The van der Waals surface area contributed by atoms with Crippen LogP contribution in [0.4, 0.5) is 5.13 Å². The minimum absolute atomic E-state index is 0.0387. The molecular formula is C15H13ClN2O3S.